The normalized spacial score (nSPS) is 16.4. The Kier molecular flexibility index (Phi) is 6.54. The molecule has 1 saturated heterocycles. The summed E-state index contributed by atoms with van der Waals surface area (Å²) < 4.78 is 4.96. The first-order valence-corrected chi connectivity index (χ1v) is 11.8. The molecule has 0 unspecified atom stereocenters. The lowest BCUT2D eigenvalue weighted by molar-refractivity contribution is -0.134. The van der Waals surface area contributed by atoms with Gasteiger partial charge < -0.3 is 19.9 Å². The predicted molar refractivity (Wildman–Crippen MR) is 134 cm³/mol. The second kappa shape index (κ2) is 9.74. The van der Waals surface area contributed by atoms with Gasteiger partial charge >= 0.3 is 0 Å². The zero-order chi connectivity index (χ0) is 23.7. The number of pyridine rings is 3. The van der Waals surface area contributed by atoms with Gasteiger partial charge in [-0.05, 0) is 30.2 Å². The average Bonchev–Trinajstić information content (AvgIpc) is 2.81. The van der Waals surface area contributed by atoms with Gasteiger partial charge in [0.25, 0.3) is 0 Å². The van der Waals surface area contributed by atoms with E-state index in [-0.39, 0.29) is 18.6 Å². The number of rotatable bonds is 6. The van der Waals surface area contributed by atoms with E-state index in [0.717, 1.165) is 53.2 Å². The van der Waals surface area contributed by atoms with E-state index in [0.29, 0.717) is 23.3 Å². The Morgan fingerprint density at radius 1 is 1.21 bits per heavy atom. The molecule has 0 radical (unpaired) electrons. The molecule has 0 saturated carbocycles. The molecular weight excluding hydrogens is 475 g/mol. The van der Waals surface area contributed by atoms with Gasteiger partial charge in [-0.15, -0.1) is 0 Å². The van der Waals surface area contributed by atoms with Crippen LogP contribution in [0.4, 0.5) is 11.5 Å². The van der Waals surface area contributed by atoms with Gasteiger partial charge in [-0.1, -0.05) is 29.3 Å². The highest BCUT2D eigenvalue weighted by Gasteiger charge is 2.29. The number of fused-ring (bicyclic) bond motifs is 1. The van der Waals surface area contributed by atoms with Crippen LogP contribution in [0, 0.1) is 0 Å². The number of methoxy groups -OCH3 is 1. The minimum atomic E-state index is -0.00407. The highest BCUT2D eigenvalue weighted by Crippen LogP contribution is 2.31. The van der Waals surface area contributed by atoms with Gasteiger partial charge in [0, 0.05) is 57.1 Å². The van der Waals surface area contributed by atoms with Crippen LogP contribution in [0.25, 0.3) is 16.5 Å². The minimum absolute atomic E-state index is 0.00407. The zero-order valence-corrected chi connectivity index (χ0v) is 20.2. The number of carbonyl (C=O) groups excluding carboxylic acids is 1. The summed E-state index contributed by atoms with van der Waals surface area (Å²) in [6.45, 7) is 2.90. The van der Waals surface area contributed by atoms with E-state index in [9.17, 15) is 4.79 Å². The Morgan fingerprint density at radius 3 is 2.82 bits per heavy atom. The molecule has 10 heteroatoms. The standard InChI is InChI=1S/C24H24Cl2N6O2/c1-34-14-23(33)31-6-4-15(5-7-31)24-20(8-17(25)11-28-24)29-18-12-32(13-18)22-3-2-16-10-27-21(26)9-19(16)30-22/h2-4,8-11,18,29H,5-7,12-14H2,1H3. The van der Waals surface area contributed by atoms with Gasteiger partial charge in [0.1, 0.15) is 17.6 Å². The molecule has 0 aromatic carbocycles. The molecule has 0 bridgehead atoms. The molecule has 2 aliphatic heterocycles. The van der Waals surface area contributed by atoms with Gasteiger partial charge in [-0.3, -0.25) is 9.78 Å². The van der Waals surface area contributed by atoms with E-state index in [1.165, 1.54) is 7.11 Å². The monoisotopic (exact) mass is 498 g/mol. The number of hydrogen-bond acceptors (Lipinski definition) is 7. The van der Waals surface area contributed by atoms with Gasteiger partial charge in [0.2, 0.25) is 5.91 Å². The van der Waals surface area contributed by atoms with Crippen molar-refractivity contribution in [1.82, 2.24) is 19.9 Å². The molecule has 3 aromatic heterocycles. The lowest BCUT2D eigenvalue weighted by atomic mass is 10.0. The number of nitrogens with one attached hydrogen (secondary N) is 1. The van der Waals surface area contributed by atoms with Gasteiger partial charge in [-0.2, -0.15) is 0 Å². The predicted octanol–water partition coefficient (Wildman–Crippen LogP) is 3.89. The van der Waals surface area contributed by atoms with Crippen molar-refractivity contribution in [3.05, 3.63) is 58.6 Å². The molecule has 5 rings (SSSR count). The number of carbonyl (C=O) groups is 1. The van der Waals surface area contributed by atoms with E-state index in [4.69, 9.17) is 32.9 Å². The van der Waals surface area contributed by atoms with Crippen LogP contribution >= 0.6 is 23.2 Å². The molecule has 34 heavy (non-hydrogen) atoms. The van der Waals surface area contributed by atoms with Crippen LogP contribution in [0.1, 0.15) is 12.1 Å². The lowest BCUT2D eigenvalue weighted by Gasteiger charge is -2.41. The van der Waals surface area contributed by atoms with Crippen molar-refractivity contribution in [2.24, 2.45) is 0 Å². The first-order valence-electron chi connectivity index (χ1n) is 11.1. The summed E-state index contributed by atoms with van der Waals surface area (Å²) in [5, 5.41) is 5.57. The number of hydrogen-bond donors (Lipinski definition) is 1. The van der Waals surface area contributed by atoms with Crippen LogP contribution in [0.3, 0.4) is 0 Å². The van der Waals surface area contributed by atoms with Crippen molar-refractivity contribution in [2.45, 2.75) is 12.5 Å². The van der Waals surface area contributed by atoms with Gasteiger partial charge in [0.05, 0.1) is 28.0 Å². The topological polar surface area (TPSA) is 83.5 Å². The number of nitrogens with zero attached hydrogens (tertiary/aromatic N) is 5. The Morgan fingerprint density at radius 2 is 2.06 bits per heavy atom. The summed E-state index contributed by atoms with van der Waals surface area (Å²) in [5.41, 5.74) is 3.73. The molecule has 8 nitrogen and oxygen atoms in total. The summed E-state index contributed by atoms with van der Waals surface area (Å²) in [7, 11) is 1.53. The number of amides is 1. The van der Waals surface area contributed by atoms with Crippen LogP contribution in [-0.4, -0.2) is 71.7 Å². The van der Waals surface area contributed by atoms with Crippen LogP contribution in [-0.2, 0) is 9.53 Å². The molecule has 176 valence electrons. The van der Waals surface area contributed by atoms with Crippen LogP contribution in [0.15, 0.2) is 42.7 Å². The number of anilines is 2. The first-order chi connectivity index (χ1) is 16.5. The van der Waals surface area contributed by atoms with Crippen molar-refractivity contribution in [3.8, 4) is 0 Å². The first kappa shape index (κ1) is 22.8. The molecule has 3 aromatic rings. The Hall–Kier alpha value is -2.94. The maximum Gasteiger partial charge on any atom is 0.248 e. The maximum absolute atomic E-state index is 12.1. The lowest BCUT2D eigenvalue weighted by Crippen LogP contribution is -2.55. The molecule has 5 heterocycles. The maximum atomic E-state index is 12.1. The third-order valence-electron chi connectivity index (χ3n) is 6.08. The Bertz CT molecular complexity index is 1260. The van der Waals surface area contributed by atoms with Crippen LogP contribution < -0.4 is 10.2 Å². The highest BCUT2D eigenvalue weighted by molar-refractivity contribution is 6.30. The largest absolute Gasteiger partial charge is 0.377 e. The zero-order valence-electron chi connectivity index (χ0n) is 18.7. The van der Waals surface area contributed by atoms with Crippen LogP contribution in [0.2, 0.25) is 10.2 Å². The Balaban J connectivity index is 1.26. The number of aromatic nitrogens is 3. The minimum Gasteiger partial charge on any atom is -0.377 e. The molecule has 2 aliphatic rings. The molecule has 1 N–H and O–H groups in total. The quantitative estimate of drug-likeness (QED) is 0.516. The summed E-state index contributed by atoms with van der Waals surface area (Å²) in [6.07, 6.45) is 6.19. The summed E-state index contributed by atoms with van der Waals surface area (Å²) in [6, 6.07) is 7.95. The van der Waals surface area contributed by atoms with Crippen molar-refractivity contribution < 1.29 is 9.53 Å². The molecular formula is C24H24Cl2N6O2. The number of halogens is 2. The highest BCUT2D eigenvalue weighted by atomic mass is 35.5. The van der Waals surface area contributed by atoms with E-state index in [1.54, 1.807) is 23.4 Å². The fourth-order valence-corrected chi connectivity index (χ4v) is 4.57. The SMILES string of the molecule is COCC(=O)N1CC=C(c2ncc(Cl)cc2NC2CN(c3ccc4cnc(Cl)cc4n3)C2)CC1. The molecule has 0 spiro atoms. The van der Waals surface area contributed by atoms with Crippen molar-refractivity contribution in [3.63, 3.8) is 0 Å². The number of ether oxygens (including phenoxy) is 1. The average molecular weight is 499 g/mol. The van der Waals surface area contributed by atoms with Gasteiger partial charge in [-0.25, -0.2) is 9.97 Å². The van der Waals surface area contributed by atoms with E-state index < -0.39 is 0 Å². The molecule has 1 amide bonds. The van der Waals surface area contributed by atoms with E-state index in [2.05, 4.69) is 26.3 Å². The second-order valence-corrected chi connectivity index (χ2v) is 9.24. The third kappa shape index (κ3) is 4.80. The summed E-state index contributed by atoms with van der Waals surface area (Å²) in [4.78, 5) is 29.5. The molecule has 1 fully saturated rings. The fourth-order valence-electron chi connectivity index (χ4n) is 4.26. The summed E-state index contributed by atoms with van der Waals surface area (Å²) >= 11 is 12.3. The van der Waals surface area contributed by atoms with Crippen molar-refractivity contribution in [2.75, 3.05) is 50.1 Å². The third-order valence-corrected chi connectivity index (χ3v) is 6.49. The smallest absolute Gasteiger partial charge is 0.248 e. The van der Waals surface area contributed by atoms with Crippen LogP contribution in [0.5, 0.6) is 0 Å². The van der Waals surface area contributed by atoms with Crippen molar-refractivity contribution in [1.29, 1.82) is 0 Å². The van der Waals surface area contributed by atoms with E-state index >= 15 is 0 Å². The van der Waals surface area contributed by atoms with Crippen molar-refractivity contribution >= 4 is 57.1 Å². The molecule has 0 atom stereocenters. The summed E-state index contributed by atoms with van der Waals surface area (Å²) in [5.74, 6) is 0.906. The van der Waals surface area contributed by atoms with Gasteiger partial charge in [0.15, 0.2) is 0 Å². The van der Waals surface area contributed by atoms with E-state index in [1.807, 2.05) is 18.2 Å². The second-order valence-electron chi connectivity index (χ2n) is 8.42. The molecule has 0 aliphatic carbocycles. The fraction of sp³-hybridized carbons (Fsp3) is 0.333. The Labute approximate surface area is 207 Å².